The number of amides is 1. The van der Waals surface area contributed by atoms with Crippen molar-refractivity contribution in [1.29, 1.82) is 0 Å². The molecule has 0 radical (unpaired) electrons. The van der Waals surface area contributed by atoms with Crippen LogP contribution in [0.3, 0.4) is 0 Å². The van der Waals surface area contributed by atoms with Crippen LogP contribution in [-0.4, -0.2) is 38.4 Å². The molecule has 7 heteroatoms. The van der Waals surface area contributed by atoms with Crippen molar-refractivity contribution in [1.82, 2.24) is 19.4 Å². The van der Waals surface area contributed by atoms with Crippen LogP contribution in [0.2, 0.25) is 0 Å². The number of carbonyl (C=O) groups is 1. The van der Waals surface area contributed by atoms with Crippen molar-refractivity contribution in [2.24, 2.45) is 5.92 Å². The van der Waals surface area contributed by atoms with Crippen molar-refractivity contribution in [2.75, 3.05) is 18.1 Å². The molecule has 0 unspecified atom stereocenters. The van der Waals surface area contributed by atoms with Gasteiger partial charge in [0.15, 0.2) is 0 Å². The quantitative estimate of drug-likeness (QED) is 0.505. The number of benzene rings is 1. The van der Waals surface area contributed by atoms with E-state index in [2.05, 4.69) is 9.97 Å². The average Bonchev–Trinajstić information content (AvgIpc) is 3.17. The van der Waals surface area contributed by atoms with E-state index >= 15 is 0 Å². The van der Waals surface area contributed by atoms with Crippen LogP contribution in [0.25, 0.3) is 28.3 Å². The highest BCUT2D eigenvalue weighted by molar-refractivity contribution is 5.97. The van der Waals surface area contributed by atoms with Gasteiger partial charge < -0.3 is 9.64 Å². The summed E-state index contributed by atoms with van der Waals surface area (Å²) < 4.78 is 7.82. The van der Waals surface area contributed by atoms with Crippen LogP contribution in [0.5, 0.6) is 5.75 Å². The number of carbonyl (C=O) groups excluding carboxylic acids is 1. The number of imidazole rings is 1. The van der Waals surface area contributed by atoms with E-state index in [9.17, 15) is 4.79 Å². The summed E-state index contributed by atoms with van der Waals surface area (Å²) in [5, 5.41) is 0. The third-order valence-electron chi connectivity index (χ3n) is 5.53. The molecule has 0 atom stereocenters. The highest BCUT2D eigenvalue weighted by Gasteiger charge is 2.27. The Morgan fingerprint density at radius 1 is 1.19 bits per heavy atom. The second-order valence-corrected chi connectivity index (χ2v) is 7.96. The summed E-state index contributed by atoms with van der Waals surface area (Å²) in [5.74, 6) is 1.33. The number of aromatic nitrogens is 4. The Balaban J connectivity index is 1.74. The first kappa shape index (κ1) is 19.2. The number of aryl methyl sites for hydroxylation is 1. The van der Waals surface area contributed by atoms with E-state index < -0.39 is 0 Å². The topological polar surface area (TPSA) is 72.6 Å². The van der Waals surface area contributed by atoms with Crippen LogP contribution in [0.15, 0.2) is 55.1 Å². The molecule has 4 heterocycles. The van der Waals surface area contributed by atoms with E-state index in [0.717, 1.165) is 39.5 Å². The van der Waals surface area contributed by atoms with E-state index in [1.807, 2.05) is 72.8 Å². The van der Waals surface area contributed by atoms with Crippen molar-refractivity contribution in [3.8, 4) is 28.3 Å². The maximum absolute atomic E-state index is 12.8. The molecule has 0 bridgehead atoms. The highest BCUT2D eigenvalue weighted by Crippen LogP contribution is 2.40. The first-order chi connectivity index (χ1) is 15.0. The van der Waals surface area contributed by atoms with E-state index in [4.69, 9.17) is 9.72 Å². The number of rotatable bonds is 3. The highest BCUT2D eigenvalue weighted by atomic mass is 16.5. The lowest BCUT2D eigenvalue weighted by Gasteiger charge is -2.31. The van der Waals surface area contributed by atoms with Gasteiger partial charge in [-0.3, -0.25) is 14.2 Å². The Kier molecular flexibility index (Phi) is 4.66. The largest absolute Gasteiger partial charge is 0.490 e. The fourth-order valence-electron chi connectivity index (χ4n) is 4.00. The molecule has 5 rings (SSSR count). The Morgan fingerprint density at radius 3 is 2.87 bits per heavy atom. The summed E-state index contributed by atoms with van der Waals surface area (Å²) >= 11 is 0. The van der Waals surface area contributed by atoms with Gasteiger partial charge in [-0.2, -0.15) is 0 Å². The van der Waals surface area contributed by atoms with Gasteiger partial charge in [-0.05, 0) is 42.8 Å². The molecule has 3 aromatic heterocycles. The van der Waals surface area contributed by atoms with Gasteiger partial charge in [0.2, 0.25) is 11.7 Å². The van der Waals surface area contributed by atoms with Crippen molar-refractivity contribution in [2.45, 2.75) is 20.8 Å². The predicted octanol–water partition coefficient (Wildman–Crippen LogP) is 4.15. The van der Waals surface area contributed by atoms with Gasteiger partial charge in [-0.15, -0.1) is 0 Å². The Morgan fingerprint density at radius 2 is 2.06 bits per heavy atom. The second kappa shape index (κ2) is 7.50. The molecule has 0 spiro atoms. The summed E-state index contributed by atoms with van der Waals surface area (Å²) in [6.07, 6.45) is 7.30. The first-order valence-electron chi connectivity index (χ1n) is 10.4. The van der Waals surface area contributed by atoms with Gasteiger partial charge in [0.05, 0.1) is 23.6 Å². The number of hydrogen-bond acceptors (Lipinski definition) is 5. The standard InChI is InChI=1S/C24H23N5O2/c1-15(2)23(30)28-11-12-31-20-6-5-17(13-19(20)28)22-21(18-7-9-25-14-16(18)3)27-24-26-8-4-10-29(22)24/h4-10,13-15H,11-12H2,1-3H3. The summed E-state index contributed by atoms with van der Waals surface area (Å²) in [6, 6.07) is 9.82. The molecule has 1 aliphatic rings. The van der Waals surface area contributed by atoms with Crippen LogP contribution in [-0.2, 0) is 4.79 Å². The summed E-state index contributed by atoms with van der Waals surface area (Å²) in [5.41, 5.74) is 5.51. The van der Waals surface area contributed by atoms with Gasteiger partial charge in [-0.1, -0.05) is 13.8 Å². The van der Waals surface area contributed by atoms with Gasteiger partial charge in [0, 0.05) is 41.8 Å². The first-order valence-corrected chi connectivity index (χ1v) is 10.4. The van der Waals surface area contributed by atoms with E-state index in [-0.39, 0.29) is 11.8 Å². The lowest BCUT2D eigenvalue weighted by molar-refractivity contribution is -0.121. The van der Waals surface area contributed by atoms with Crippen molar-refractivity contribution in [3.63, 3.8) is 0 Å². The number of anilines is 1. The molecule has 31 heavy (non-hydrogen) atoms. The van der Waals surface area contributed by atoms with Crippen molar-refractivity contribution in [3.05, 3.63) is 60.7 Å². The van der Waals surface area contributed by atoms with Crippen LogP contribution < -0.4 is 9.64 Å². The number of pyridine rings is 1. The normalized spacial score (nSPS) is 13.4. The summed E-state index contributed by atoms with van der Waals surface area (Å²) in [4.78, 5) is 28.2. The molecule has 0 N–H and O–H groups in total. The molecule has 1 aliphatic heterocycles. The zero-order valence-corrected chi connectivity index (χ0v) is 17.7. The molecular weight excluding hydrogens is 390 g/mol. The minimum absolute atomic E-state index is 0.0895. The van der Waals surface area contributed by atoms with Crippen LogP contribution in [0.1, 0.15) is 19.4 Å². The van der Waals surface area contributed by atoms with Crippen molar-refractivity contribution < 1.29 is 9.53 Å². The lowest BCUT2D eigenvalue weighted by atomic mass is 10.0. The molecule has 7 nitrogen and oxygen atoms in total. The third-order valence-corrected chi connectivity index (χ3v) is 5.53. The number of nitrogens with zero attached hydrogens (tertiary/aromatic N) is 5. The molecule has 0 saturated carbocycles. The third kappa shape index (κ3) is 3.22. The molecule has 0 saturated heterocycles. The molecule has 1 aromatic carbocycles. The van der Waals surface area contributed by atoms with Crippen molar-refractivity contribution >= 4 is 17.4 Å². The lowest BCUT2D eigenvalue weighted by Crippen LogP contribution is -2.40. The minimum atomic E-state index is -0.0929. The Hall–Kier alpha value is -3.74. The van der Waals surface area contributed by atoms with E-state index in [1.54, 1.807) is 12.4 Å². The molecule has 1 amide bonds. The second-order valence-electron chi connectivity index (χ2n) is 7.96. The fraction of sp³-hybridized carbons (Fsp3) is 0.250. The van der Waals surface area contributed by atoms with Gasteiger partial charge in [-0.25, -0.2) is 9.97 Å². The molecular formula is C24H23N5O2. The number of hydrogen-bond donors (Lipinski definition) is 0. The van der Waals surface area contributed by atoms with Gasteiger partial charge >= 0.3 is 0 Å². The molecule has 0 aliphatic carbocycles. The van der Waals surface area contributed by atoms with E-state index in [1.165, 1.54) is 0 Å². The monoisotopic (exact) mass is 413 g/mol. The number of fused-ring (bicyclic) bond motifs is 2. The van der Waals surface area contributed by atoms with Gasteiger partial charge in [0.1, 0.15) is 12.4 Å². The average molecular weight is 413 g/mol. The zero-order valence-electron chi connectivity index (χ0n) is 17.7. The van der Waals surface area contributed by atoms with Gasteiger partial charge in [0.25, 0.3) is 0 Å². The Labute approximate surface area is 180 Å². The summed E-state index contributed by atoms with van der Waals surface area (Å²) in [6.45, 7) is 6.89. The fourth-order valence-corrected chi connectivity index (χ4v) is 4.00. The number of ether oxygens (including phenoxy) is 1. The Bertz CT molecular complexity index is 1290. The minimum Gasteiger partial charge on any atom is -0.490 e. The molecule has 156 valence electrons. The van der Waals surface area contributed by atoms with Crippen LogP contribution in [0.4, 0.5) is 5.69 Å². The van der Waals surface area contributed by atoms with E-state index in [0.29, 0.717) is 18.9 Å². The predicted molar refractivity (Wildman–Crippen MR) is 119 cm³/mol. The maximum atomic E-state index is 12.8. The maximum Gasteiger partial charge on any atom is 0.234 e. The van der Waals surface area contributed by atoms with Crippen LogP contribution >= 0.6 is 0 Å². The van der Waals surface area contributed by atoms with Crippen LogP contribution in [0, 0.1) is 12.8 Å². The SMILES string of the molecule is Cc1cnccc1-c1nc2ncccn2c1-c1ccc2c(c1)N(C(=O)C(C)C)CCO2. The smallest absolute Gasteiger partial charge is 0.234 e. The summed E-state index contributed by atoms with van der Waals surface area (Å²) in [7, 11) is 0. The molecule has 4 aromatic rings. The molecule has 0 fully saturated rings. The zero-order chi connectivity index (χ0) is 21.5.